The number of benzene rings is 1. The number of anilines is 1. The van der Waals surface area contributed by atoms with Gasteiger partial charge in [-0.05, 0) is 25.1 Å². The fourth-order valence-electron chi connectivity index (χ4n) is 3.36. The lowest BCUT2D eigenvalue weighted by Gasteiger charge is -2.11. The van der Waals surface area contributed by atoms with E-state index in [0.29, 0.717) is 13.1 Å². The van der Waals surface area contributed by atoms with Crippen molar-refractivity contribution >= 4 is 39.9 Å². The van der Waals surface area contributed by atoms with E-state index in [2.05, 4.69) is 33.7 Å². The molecule has 0 aliphatic carbocycles. The second-order valence-electron chi connectivity index (χ2n) is 6.50. The van der Waals surface area contributed by atoms with Crippen LogP contribution in [0.4, 0.5) is 5.69 Å². The third-order valence-electron chi connectivity index (χ3n) is 4.78. The summed E-state index contributed by atoms with van der Waals surface area (Å²) >= 11 is 3.22. The minimum Gasteiger partial charge on any atom is -0.337 e. The highest BCUT2D eigenvalue weighted by Gasteiger charge is 2.24. The molecule has 144 valence electrons. The quantitative estimate of drug-likeness (QED) is 0.658. The number of thioether (sulfide) groups is 1. The van der Waals surface area contributed by atoms with E-state index in [1.807, 2.05) is 49.0 Å². The summed E-state index contributed by atoms with van der Waals surface area (Å²) in [5.41, 5.74) is 8.01. The van der Waals surface area contributed by atoms with Crippen LogP contribution in [0.15, 0.2) is 58.4 Å². The van der Waals surface area contributed by atoms with Gasteiger partial charge in [-0.2, -0.15) is 4.57 Å². The van der Waals surface area contributed by atoms with Crippen molar-refractivity contribution in [3.8, 4) is 0 Å². The van der Waals surface area contributed by atoms with E-state index in [9.17, 15) is 4.79 Å². The summed E-state index contributed by atoms with van der Waals surface area (Å²) in [4.78, 5) is 16.5. The molecule has 5 nitrogen and oxygen atoms in total. The first-order valence-electron chi connectivity index (χ1n) is 9.29. The summed E-state index contributed by atoms with van der Waals surface area (Å²) in [6.45, 7) is 3.97. The van der Waals surface area contributed by atoms with Crippen LogP contribution < -0.4 is 30.0 Å². The monoisotopic (exact) mass is 411 g/mol. The Labute approximate surface area is 172 Å². The van der Waals surface area contributed by atoms with Crippen LogP contribution in [0, 0.1) is 0 Å². The largest absolute Gasteiger partial charge is 0.337 e. The molecule has 0 spiro atoms. The number of nitrogens with zero attached hydrogens (tertiary/aromatic N) is 3. The van der Waals surface area contributed by atoms with E-state index in [-0.39, 0.29) is 5.56 Å². The third kappa shape index (κ3) is 3.30. The topological polar surface area (TPSA) is 55.1 Å². The molecule has 0 bridgehead atoms. The molecule has 0 atom stereocenters. The van der Waals surface area contributed by atoms with Gasteiger partial charge in [-0.25, -0.2) is 0 Å². The first kappa shape index (κ1) is 19.0. The van der Waals surface area contributed by atoms with Crippen molar-refractivity contribution in [2.75, 3.05) is 18.5 Å². The summed E-state index contributed by atoms with van der Waals surface area (Å²) < 4.78 is 5.71. The highest BCUT2D eigenvalue weighted by Crippen LogP contribution is 2.44. The highest BCUT2D eigenvalue weighted by molar-refractivity contribution is 8.08. The Morgan fingerprint density at radius 1 is 1.18 bits per heavy atom. The lowest BCUT2D eigenvalue weighted by Crippen LogP contribution is -2.40. The number of aromatic nitrogens is 2. The lowest BCUT2D eigenvalue weighted by atomic mass is 10.3. The minimum absolute atomic E-state index is 0.0715. The summed E-state index contributed by atoms with van der Waals surface area (Å²) in [7, 11) is 2.03. The molecule has 0 amide bonds. The number of fused-ring (bicyclic) bond motifs is 1. The van der Waals surface area contributed by atoms with Gasteiger partial charge in [-0.1, -0.05) is 23.9 Å². The minimum atomic E-state index is 0.0715. The van der Waals surface area contributed by atoms with Crippen molar-refractivity contribution in [3.63, 3.8) is 0 Å². The van der Waals surface area contributed by atoms with Gasteiger partial charge in [-0.3, -0.25) is 9.36 Å². The molecule has 0 radical (unpaired) electrons. The van der Waals surface area contributed by atoms with Crippen LogP contribution in [0.1, 0.15) is 12.6 Å². The van der Waals surface area contributed by atoms with Crippen LogP contribution in [0.3, 0.4) is 0 Å². The maximum atomic E-state index is 13.2. The van der Waals surface area contributed by atoms with E-state index < -0.39 is 0 Å². The zero-order valence-electron chi connectivity index (χ0n) is 16.0. The van der Waals surface area contributed by atoms with Crippen molar-refractivity contribution in [1.29, 1.82) is 0 Å². The molecule has 0 unspecified atom stereocenters. The molecular weight excluding hydrogens is 388 g/mol. The van der Waals surface area contributed by atoms with Crippen molar-refractivity contribution in [2.45, 2.75) is 24.9 Å². The molecule has 4 rings (SSSR count). The van der Waals surface area contributed by atoms with Gasteiger partial charge < -0.3 is 10.6 Å². The normalized spacial score (nSPS) is 16.0. The summed E-state index contributed by atoms with van der Waals surface area (Å²) in [6, 6.07) is 14.3. The number of pyridine rings is 1. The maximum absolute atomic E-state index is 13.2. The third-order valence-corrected chi connectivity index (χ3v) is 7.26. The predicted molar refractivity (Wildman–Crippen MR) is 117 cm³/mol. The highest BCUT2D eigenvalue weighted by atomic mass is 32.2. The van der Waals surface area contributed by atoms with Gasteiger partial charge in [0.15, 0.2) is 12.7 Å². The van der Waals surface area contributed by atoms with E-state index in [1.165, 1.54) is 4.90 Å². The van der Waals surface area contributed by atoms with Gasteiger partial charge in [0.05, 0.1) is 12.2 Å². The SMILES string of the molecule is CCn1c(=O)/c(=C2\Sc3ccccc3N2C)s/c1=C\c1cccc[n+]1CCN. The smallest absolute Gasteiger partial charge is 0.271 e. The van der Waals surface area contributed by atoms with Crippen molar-refractivity contribution < 1.29 is 4.57 Å². The summed E-state index contributed by atoms with van der Waals surface area (Å²) in [6.07, 6.45) is 4.11. The van der Waals surface area contributed by atoms with Gasteiger partial charge in [0.2, 0.25) is 5.69 Å². The molecule has 2 aromatic heterocycles. The zero-order chi connectivity index (χ0) is 19.7. The standard InChI is InChI=1S/C21H23N4OS2/c1-3-25-18(14-15-8-6-7-12-24(15)13-11-22)28-19(20(25)26)21-23(2)16-9-4-5-10-17(16)27-21/h4-10,12,14H,3,11,13,22H2,1-2H3/q+1/b21-19+. The molecule has 0 fully saturated rings. The van der Waals surface area contributed by atoms with Crippen molar-refractivity contribution in [1.82, 2.24) is 4.57 Å². The molecule has 1 aliphatic rings. The Bertz CT molecular complexity index is 1200. The Morgan fingerprint density at radius 2 is 1.96 bits per heavy atom. The number of hydrogen-bond donors (Lipinski definition) is 1. The van der Waals surface area contributed by atoms with Gasteiger partial charge in [0.1, 0.15) is 14.2 Å². The van der Waals surface area contributed by atoms with E-state index in [0.717, 1.165) is 32.2 Å². The predicted octanol–water partition coefficient (Wildman–Crippen LogP) is 1.31. The second kappa shape index (κ2) is 7.95. The number of thiazole rings is 1. The molecule has 1 aromatic carbocycles. The molecule has 3 heterocycles. The van der Waals surface area contributed by atoms with Crippen LogP contribution in [0.25, 0.3) is 11.1 Å². The molecule has 2 N–H and O–H groups in total. The molecule has 0 saturated carbocycles. The van der Waals surface area contributed by atoms with E-state index in [1.54, 1.807) is 23.1 Å². The van der Waals surface area contributed by atoms with Crippen LogP contribution in [-0.2, 0) is 13.1 Å². The Morgan fingerprint density at radius 3 is 2.71 bits per heavy atom. The second-order valence-corrected chi connectivity index (χ2v) is 8.57. The Balaban J connectivity index is 1.91. The molecule has 7 heteroatoms. The van der Waals surface area contributed by atoms with Crippen LogP contribution in [0.5, 0.6) is 0 Å². The van der Waals surface area contributed by atoms with Gasteiger partial charge in [0, 0.05) is 36.7 Å². The zero-order valence-corrected chi connectivity index (χ0v) is 17.6. The van der Waals surface area contributed by atoms with Gasteiger partial charge in [-0.15, -0.1) is 11.3 Å². The number of nitrogens with two attached hydrogens (primary N) is 1. The van der Waals surface area contributed by atoms with Crippen LogP contribution in [0.2, 0.25) is 0 Å². The number of hydrogen-bond acceptors (Lipinski definition) is 5. The van der Waals surface area contributed by atoms with Crippen LogP contribution in [-0.4, -0.2) is 18.2 Å². The van der Waals surface area contributed by atoms with E-state index in [4.69, 9.17) is 5.73 Å². The molecule has 1 aliphatic heterocycles. The average Bonchev–Trinajstić information content (AvgIpc) is 3.20. The fraction of sp³-hybridized carbons (Fsp3) is 0.238. The first-order valence-corrected chi connectivity index (χ1v) is 10.9. The van der Waals surface area contributed by atoms with Crippen molar-refractivity contribution in [2.24, 2.45) is 5.73 Å². The number of para-hydroxylation sites is 1. The fourth-order valence-corrected chi connectivity index (χ4v) is 5.82. The Hall–Kier alpha value is -2.35. The van der Waals surface area contributed by atoms with Crippen LogP contribution >= 0.6 is 23.1 Å². The first-order chi connectivity index (χ1) is 13.6. The molecule has 28 heavy (non-hydrogen) atoms. The van der Waals surface area contributed by atoms with Crippen molar-refractivity contribution in [3.05, 3.63) is 73.9 Å². The average molecular weight is 412 g/mol. The van der Waals surface area contributed by atoms with E-state index >= 15 is 0 Å². The maximum Gasteiger partial charge on any atom is 0.271 e. The molecular formula is C21H23N4OS2+. The Kier molecular flexibility index (Phi) is 5.39. The molecule has 3 aromatic rings. The van der Waals surface area contributed by atoms with Gasteiger partial charge in [0.25, 0.3) is 5.56 Å². The van der Waals surface area contributed by atoms with Gasteiger partial charge >= 0.3 is 0 Å². The summed E-state index contributed by atoms with van der Waals surface area (Å²) in [5, 5.41) is 1.00. The number of rotatable bonds is 4. The molecule has 0 saturated heterocycles. The summed E-state index contributed by atoms with van der Waals surface area (Å²) in [5.74, 6) is 0. The lowest BCUT2D eigenvalue weighted by molar-refractivity contribution is -0.696.